The Balaban J connectivity index is 3.33. The Bertz CT molecular complexity index is 302. The zero-order chi connectivity index (χ0) is 9.30. The molecule has 0 aliphatic heterocycles. The highest BCUT2D eigenvalue weighted by atomic mass is 127. The van der Waals surface area contributed by atoms with Crippen molar-refractivity contribution >= 4 is 28.3 Å². The average molecular weight is 284 g/mol. The normalized spacial score (nSPS) is 10.8. The van der Waals surface area contributed by atoms with Crippen molar-refractivity contribution in [1.29, 1.82) is 0 Å². The summed E-state index contributed by atoms with van der Waals surface area (Å²) in [5.74, 6) is 0. The van der Waals surface area contributed by atoms with Crippen LogP contribution in [0.4, 0.5) is 14.5 Å². The first-order valence-electron chi connectivity index (χ1n) is 3.22. The van der Waals surface area contributed by atoms with Gasteiger partial charge in [-0.3, -0.25) is 4.98 Å². The molecule has 0 saturated carbocycles. The second kappa shape index (κ2) is 3.51. The second-order valence-electron chi connectivity index (χ2n) is 2.32. The maximum Gasteiger partial charge on any atom is 0.266 e. The Morgan fingerprint density at radius 1 is 1.58 bits per heavy atom. The molecular weight excluding hydrogens is 277 g/mol. The molecule has 0 fully saturated rings. The zero-order valence-electron chi connectivity index (χ0n) is 6.31. The van der Waals surface area contributed by atoms with Crippen LogP contribution in [0.5, 0.6) is 0 Å². The summed E-state index contributed by atoms with van der Waals surface area (Å²) in [6.07, 6.45) is -1.13. The van der Waals surface area contributed by atoms with Crippen molar-refractivity contribution in [3.05, 3.63) is 21.0 Å². The van der Waals surface area contributed by atoms with Crippen molar-refractivity contribution in [2.45, 2.75) is 13.3 Å². The summed E-state index contributed by atoms with van der Waals surface area (Å²) >= 11 is 1.80. The van der Waals surface area contributed by atoms with Crippen molar-refractivity contribution in [3.63, 3.8) is 0 Å². The summed E-state index contributed by atoms with van der Waals surface area (Å²) in [7, 11) is 0. The number of nitrogens with two attached hydrogens (primary N) is 1. The maximum absolute atomic E-state index is 12.4. The largest absolute Gasteiger partial charge is 0.397 e. The minimum atomic E-state index is -2.53. The molecule has 0 aromatic carbocycles. The van der Waals surface area contributed by atoms with Crippen LogP contribution in [0.25, 0.3) is 0 Å². The number of pyridine rings is 1. The van der Waals surface area contributed by atoms with Crippen molar-refractivity contribution in [2.24, 2.45) is 0 Å². The molecule has 0 aliphatic rings. The number of aryl methyl sites for hydroxylation is 1. The van der Waals surface area contributed by atoms with E-state index < -0.39 is 6.43 Å². The summed E-state index contributed by atoms with van der Waals surface area (Å²) in [4.78, 5) is 3.86. The second-order valence-corrected chi connectivity index (χ2v) is 3.48. The molecule has 1 rings (SSSR count). The molecular formula is C7H7F2IN2. The lowest BCUT2D eigenvalue weighted by Crippen LogP contribution is -2.02. The minimum absolute atomic E-state index is 0.0944. The fourth-order valence-corrected chi connectivity index (χ4v) is 1.50. The zero-order valence-corrected chi connectivity index (χ0v) is 8.47. The van der Waals surface area contributed by atoms with Crippen molar-refractivity contribution in [1.82, 2.24) is 4.98 Å². The molecule has 5 heteroatoms. The van der Waals surface area contributed by atoms with Gasteiger partial charge in [0.15, 0.2) is 0 Å². The summed E-state index contributed by atoms with van der Waals surface area (Å²) in [5, 5.41) is 0. The van der Waals surface area contributed by atoms with E-state index in [9.17, 15) is 8.78 Å². The molecule has 0 unspecified atom stereocenters. The van der Waals surface area contributed by atoms with Gasteiger partial charge in [0, 0.05) is 9.77 Å². The van der Waals surface area contributed by atoms with Crippen LogP contribution >= 0.6 is 22.6 Å². The fraction of sp³-hybridized carbons (Fsp3) is 0.286. The van der Waals surface area contributed by atoms with E-state index in [0.717, 1.165) is 0 Å². The monoisotopic (exact) mass is 284 g/mol. The fourth-order valence-electron chi connectivity index (χ4n) is 0.838. The van der Waals surface area contributed by atoms with Gasteiger partial charge in [-0.15, -0.1) is 0 Å². The quantitative estimate of drug-likeness (QED) is 0.805. The Morgan fingerprint density at radius 2 is 2.17 bits per heavy atom. The molecule has 1 heterocycles. The van der Waals surface area contributed by atoms with Gasteiger partial charge in [0.25, 0.3) is 6.43 Å². The third-order valence-corrected chi connectivity index (χ3v) is 2.39. The Morgan fingerprint density at radius 3 is 2.58 bits per heavy atom. The summed E-state index contributed by atoms with van der Waals surface area (Å²) in [6.45, 7) is 1.61. The van der Waals surface area contributed by atoms with Crippen molar-refractivity contribution in [2.75, 3.05) is 5.73 Å². The number of nitrogen functional groups attached to an aromatic ring is 1. The van der Waals surface area contributed by atoms with E-state index in [1.165, 1.54) is 6.20 Å². The van der Waals surface area contributed by atoms with Gasteiger partial charge in [-0.1, -0.05) is 0 Å². The summed E-state index contributed by atoms with van der Waals surface area (Å²) in [5.41, 5.74) is 5.87. The molecule has 0 atom stereocenters. The first-order chi connectivity index (χ1) is 5.54. The van der Waals surface area contributed by atoms with Crippen LogP contribution in [0.1, 0.15) is 17.7 Å². The Kier molecular flexibility index (Phi) is 2.81. The molecule has 0 aliphatic carbocycles. The van der Waals surface area contributed by atoms with E-state index in [1.54, 1.807) is 29.5 Å². The topological polar surface area (TPSA) is 38.9 Å². The van der Waals surface area contributed by atoms with Gasteiger partial charge in [0.2, 0.25) is 0 Å². The SMILES string of the molecule is Cc1ncc(I)c(C(F)F)c1N. The van der Waals surface area contributed by atoms with Gasteiger partial charge in [-0.05, 0) is 29.5 Å². The number of aromatic nitrogens is 1. The van der Waals surface area contributed by atoms with Crippen LogP contribution in [0.3, 0.4) is 0 Å². The van der Waals surface area contributed by atoms with Gasteiger partial charge < -0.3 is 5.73 Å². The van der Waals surface area contributed by atoms with Crippen molar-refractivity contribution in [3.8, 4) is 0 Å². The van der Waals surface area contributed by atoms with Crippen LogP contribution in [-0.4, -0.2) is 4.98 Å². The van der Waals surface area contributed by atoms with E-state index in [1.807, 2.05) is 0 Å². The molecule has 1 aromatic heterocycles. The van der Waals surface area contributed by atoms with Gasteiger partial charge in [-0.25, -0.2) is 8.78 Å². The summed E-state index contributed by atoms with van der Waals surface area (Å²) < 4.78 is 25.1. The highest BCUT2D eigenvalue weighted by molar-refractivity contribution is 14.1. The molecule has 0 bridgehead atoms. The van der Waals surface area contributed by atoms with Crippen LogP contribution in [0.2, 0.25) is 0 Å². The lowest BCUT2D eigenvalue weighted by molar-refractivity contribution is 0.151. The molecule has 1 aromatic rings. The number of rotatable bonds is 1. The highest BCUT2D eigenvalue weighted by Crippen LogP contribution is 2.30. The predicted octanol–water partition coefficient (Wildman–Crippen LogP) is 2.51. The number of hydrogen-bond acceptors (Lipinski definition) is 2. The van der Waals surface area contributed by atoms with Crippen molar-refractivity contribution < 1.29 is 8.78 Å². The Hall–Kier alpha value is -0.460. The van der Waals surface area contributed by atoms with Crippen LogP contribution in [0.15, 0.2) is 6.20 Å². The third kappa shape index (κ3) is 1.65. The molecule has 2 N–H and O–H groups in total. The highest BCUT2D eigenvalue weighted by Gasteiger charge is 2.16. The van der Waals surface area contributed by atoms with Gasteiger partial charge >= 0.3 is 0 Å². The molecule has 0 radical (unpaired) electrons. The lowest BCUT2D eigenvalue weighted by atomic mass is 10.2. The number of alkyl halides is 2. The van der Waals surface area contributed by atoms with Gasteiger partial charge in [-0.2, -0.15) is 0 Å². The molecule has 66 valence electrons. The van der Waals surface area contributed by atoms with Gasteiger partial charge in [0.05, 0.1) is 16.9 Å². The number of anilines is 1. The molecule has 12 heavy (non-hydrogen) atoms. The third-order valence-electron chi connectivity index (χ3n) is 1.53. The number of halogens is 3. The van der Waals surface area contributed by atoms with E-state index in [4.69, 9.17) is 5.73 Å². The lowest BCUT2D eigenvalue weighted by Gasteiger charge is -2.08. The average Bonchev–Trinajstić information content (AvgIpc) is 1.97. The standard InChI is InChI=1S/C7H7F2IN2/c1-3-6(11)5(7(8)9)4(10)2-12-3/h2,7H,11H2,1H3. The van der Waals surface area contributed by atoms with Crippen LogP contribution in [0, 0.1) is 10.5 Å². The molecule has 0 amide bonds. The van der Waals surface area contributed by atoms with Crippen LogP contribution < -0.4 is 5.73 Å². The van der Waals surface area contributed by atoms with Crippen LogP contribution in [-0.2, 0) is 0 Å². The first kappa shape index (κ1) is 9.63. The van der Waals surface area contributed by atoms with E-state index in [0.29, 0.717) is 9.26 Å². The molecule has 0 saturated heterocycles. The molecule has 0 spiro atoms. The maximum atomic E-state index is 12.4. The predicted molar refractivity (Wildman–Crippen MR) is 51.1 cm³/mol. The first-order valence-corrected chi connectivity index (χ1v) is 4.30. The summed E-state index contributed by atoms with van der Waals surface area (Å²) in [6, 6.07) is 0. The van der Waals surface area contributed by atoms with E-state index in [2.05, 4.69) is 4.98 Å². The number of hydrogen-bond donors (Lipinski definition) is 1. The molecule has 2 nitrogen and oxygen atoms in total. The smallest absolute Gasteiger partial charge is 0.266 e. The van der Waals surface area contributed by atoms with E-state index in [-0.39, 0.29) is 11.3 Å². The minimum Gasteiger partial charge on any atom is -0.397 e. The van der Waals surface area contributed by atoms with E-state index >= 15 is 0 Å². The Labute approximate surface area is 82.3 Å². The van der Waals surface area contributed by atoms with Gasteiger partial charge in [0.1, 0.15) is 0 Å². The number of nitrogens with zero attached hydrogens (tertiary/aromatic N) is 1.